The molecule has 0 N–H and O–H groups in total. The van der Waals surface area contributed by atoms with Crippen LogP contribution >= 0.6 is 0 Å². The number of aromatic nitrogens is 4. The monoisotopic (exact) mass is 901 g/mol. The van der Waals surface area contributed by atoms with Crippen LogP contribution in [0.15, 0.2) is 115 Å². The van der Waals surface area contributed by atoms with Gasteiger partial charge in [-0.05, 0) is 77.7 Å². The number of nitrogens with zero attached hydrogens (tertiary/aromatic N) is 4. The summed E-state index contributed by atoms with van der Waals surface area (Å²) in [6.07, 6.45) is 1.90. The first-order chi connectivity index (χ1) is 25.8. The summed E-state index contributed by atoms with van der Waals surface area (Å²) in [5.74, 6) is 2.03. The number of pyridine rings is 1. The van der Waals surface area contributed by atoms with Gasteiger partial charge in [0.25, 0.3) is 0 Å². The fourth-order valence-electron chi connectivity index (χ4n) is 7.81. The van der Waals surface area contributed by atoms with E-state index >= 15 is 0 Å². The first-order valence-electron chi connectivity index (χ1n) is 18.7. The zero-order valence-electron chi connectivity index (χ0n) is 33.0. The molecule has 278 valence electrons. The Labute approximate surface area is 339 Å². The molecule has 0 bridgehead atoms. The van der Waals surface area contributed by atoms with Crippen molar-refractivity contribution in [2.24, 2.45) is 0 Å². The molecule has 6 heteroatoms. The second-order valence-corrected chi connectivity index (χ2v) is 16.5. The van der Waals surface area contributed by atoms with Crippen LogP contribution in [0, 0.1) is 32.9 Å². The minimum Gasteiger partial charge on any atom is -0.509 e. The van der Waals surface area contributed by atoms with Crippen molar-refractivity contribution in [1.82, 2.24) is 19.3 Å². The molecular formula is C49H46N4OPt. The van der Waals surface area contributed by atoms with Crippen molar-refractivity contribution in [2.45, 2.75) is 73.1 Å². The average Bonchev–Trinajstić information content (AvgIpc) is 3.68. The summed E-state index contributed by atoms with van der Waals surface area (Å²) in [6, 6.07) is 45.1. The molecule has 3 heterocycles. The molecule has 0 spiro atoms. The van der Waals surface area contributed by atoms with Crippen LogP contribution in [-0.2, 0) is 31.9 Å². The Hall–Kier alpha value is -5.25. The molecule has 0 amide bonds. The molecular weight excluding hydrogens is 856 g/mol. The summed E-state index contributed by atoms with van der Waals surface area (Å²) in [7, 11) is 0. The number of aryl methyl sites for hydroxylation is 3. The van der Waals surface area contributed by atoms with Gasteiger partial charge in [-0.15, -0.1) is 35.7 Å². The summed E-state index contributed by atoms with van der Waals surface area (Å²) in [5.41, 5.74) is 13.0. The fraction of sp³-hybridized carbons (Fsp3) is 0.224. The number of para-hydroxylation sites is 1. The Balaban J connectivity index is 0.00000465. The third kappa shape index (κ3) is 7.07. The summed E-state index contributed by atoms with van der Waals surface area (Å²) in [5, 5.41) is 7.63. The number of rotatable bonds is 6. The molecule has 0 aliphatic heterocycles. The Kier molecular flexibility index (Phi) is 9.98. The first-order valence-corrected chi connectivity index (χ1v) is 18.7. The Morgan fingerprint density at radius 2 is 1.33 bits per heavy atom. The van der Waals surface area contributed by atoms with Crippen LogP contribution in [0.3, 0.4) is 0 Å². The van der Waals surface area contributed by atoms with Gasteiger partial charge in [-0.2, -0.15) is 17.2 Å². The molecule has 0 unspecified atom stereocenters. The number of hydrogen-bond acceptors (Lipinski definition) is 3. The second-order valence-electron chi connectivity index (χ2n) is 16.5. The molecule has 3 aromatic heterocycles. The van der Waals surface area contributed by atoms with Crippen LogP contribution in [0.4, 0.5) is 0 Å². The Bertz CT molecular complexity index is 2670. The normalized spacial score (nSPS) is 11.9. The molecule has 0 aliphatic carbocycles. The summed E-state index contributed by atoms with van der Waals surface area (Å²) in [4.78, 5) is 4.84. The maximum absolute atomic E-state index is 6.61. The number of ether oxygens (including phenoxy) is 1. The molecule has 0 atom stereocenters. The van der Waals surface area contributed by atoms with Crippen LogP contribution in [0.5, 0.6) is 11.5 Å². The van der Waals surface area contributed by atoms with Crippen molar-refractivity contribution < 1.29 is 25.8 Å². The second kappa shape index (κ2) is 14.4. The van der Waals surface area contributed by atoms with Gasteiger partial charge in [-0.1, -0.05) is 113 Å². The predicted molar refractivity (Wildman–Crippen MR) is 222 cm³/mol. The molecule has 5 aromatic carbocycles. The summed E-state index contributed by atoms with van der Waals surface area (Å²) in [6.45, 7) is 20.0. The largest absolute Gasteiger partial charge is 2.00 e. The standard InChI is InChI=1S/C49H46N4O.Pt/c1-31-26-32(2)44(33(3)27-31)45-46(34-16-11-10-12-17-34)51-53(47(45)49(7,8)9)36-18-15-19-37(29-36)54-38-22-23-40-39-20-13-14-21-41(39)52(42(40)30-38)43-28-35(24-25-50-43)48(4,5)6;/h10-28H,1-9H3;/q-2;+2. The van der Waals surface area contributed by atoms with Gasteiger partial charge in [-0.25, -0.2) is 4.98 Å². The van der Waals surface area contributed by atoms with E-state index in [1.165, 1.54) is 27.8 Å². The van der Waals surface area contributed by atoms with E-state index in [2.05, 4.69) is 175 Å². The zero-order chi connectivity index (χ0) is 37.9. The maximum Gasteiger partial charge on any atom is 2.00 e. The third-order valence-corrected chi connectivity index (χ3v) is 10.2. The molecule has 5 nitrogen and oxygen atoms in total. The van der Waals surface area contributed by atoms with Gasteiger partial charge in [0.15, 0.2) is 0 Å². The average molecular weight is 902 g/mol. The van der Waals surface area contributed by atoms with Gasteiger partial charge >= 0.3 is 21.1 Å². The van der Waals surface area contributed by atoms with Crippen LogP contribution in [0.2, 0.25) is 0 Å². The van der Waals surface area contributed by atoms with Gasteiger partial charge in [0.2, 0.25) is 0 Å². The summed E-state index contributed by atoms with van der Waals surface area (Å²) >= 11 is 0. The quantitative estimate of drug-likeness (QED) is 0.156. The summed E-state index contributed by atoms with van der Waals surface area (Å²) < 4.78 is 10.9. The van der Waals surface area contributed by atoms with Gasteiger partial charge in [0.1, 0.15) is 11.5 Å². The van der Waals surface area contributed by atoms with E-state index in [-0.39, 0.29) is 31.9 Å². The zero-order valence-corrected chi connectivity index (χ0v) is 35.3. The molecule has 8 aromatic rings. The maximum atomic E-state index is 6.61. The van der Waals surface area contributed by atoms with Crippen molar-refractivity contribution in [3.05, 3.63) is 155 Å². The van der Waals surface area contributed by atoms with Crippen molar-refractivity contribution in [3.63, 3.8) is 0 Å². The topological polar surface area (TPSA) is 44.9 Å². The van der Waals surface area contributed by atoms with Crippen LogP contribution in [0.25, 0.3) is 55.7 Å². The van der Waals surface area contributed by atoms with Gasteiger partial charge < -0.3 is 9.30 Å². The molecule has 8 rings (SSSR count). The van der Waals surface area contributed by atoms with E-state index in [1.54, 1.807) is 0 Å². The van der Waals surface area contributed by atoms with Crippen molar-refractivity contribution in [2.75, 3.05) is 0 Å². The number of hydrogen-bond donors (Lipinski definition) is 0. The van der Waals surface area contributed by atoms with Gasteiger partial charge in [-0.3, -0.25) is 4.68 Å². The van der Waals surface area contributed by atoms with E-state index in [4.69, 9.17) is 14.8 Å². The van der Waals surface area contributed by atoms with E-state index in [1.807, 2.05) is 24.4 Å². The molecule has 0 saturated carbocycles. The van der Waals surface area contributed by atoms with Crippen LogP contribution < -0.4 is 4.74 Å². The minimum absolute atomic E-state index is 0. The number of fused-ring (bicyclic) bond motifs is 3. The van der Waals surface area contributed by atoms with Crippen LogP contribution in [0.1, 0.15) is 69.5 Å². The fourth-order valence-corrected chi connectivity index (χ4v) is 7.81. The van der Waals surface area contributed by atoms with Crippen molar-refractivity contribution in [3.8, 4) is 45.4 Å². The molecule has 55 heavy (non-hydrogen) atoms. The van der Waals surface area contributed by atoms with Crippen LogP contribution in [-0.4, -0.2) is 19.3 Å². The van der Waals surface area contributed by atoms with E-state index in [9.17, 15) is 0 Å². The van der Waals surface area contributed by atoms with Crippen molar-refractivity contribution in [1.29, 1.82) is 0 Å². The molecule has 0 saturated heterocycles. The van der Waals surface area contributed by atoms with E-state index in [0.29, 0.717) is 11.5 Å². The minimum atomic E-state index is -0.256. The van der Waals surface area contributed by atoms with E-state index < -0.39 is 0 Å². The molecule has 0 fully saturated rings. The van der Waals surface area contributed by atoms with Gasteiger partial charge in [0.05, 0.1) is 5.69 Å². The Morgan fingerprint density at radius 1 is 0.636 bits per heavy atom. The predicted octanol–water partition coefficient (Wildman–Crippen LogP) is 12.6. The van der Waals surface area contributed by atoms with E-state index in [0.717, 1.165) is 55.8 Å². The Morgan fingerprint density at radius 3 is 2.04 bits per heavy atom. The first kappa shape index (κ1) is 38.0. The smallest absolute Gasteiger partial charge is 0.509 e. The molecule has 0 aliphatic rings. The van der Waals surface area contributed by atoms with Crippen molar-refractivity contribution >= 4 is 21.8 Å². The SMILES string of the molecule is Cc1cc(C)c(-c2c(-c3ccccc3)nn(-c3[c-]c(Oc4[c-]c5c(cc4)c4ccccc4n5-c4cc(C(C)(C)C)ccn4)ccc3)c2C(C)(C)C)c(C)c1.[Pt+2]. The molecule has 0 radical (unpaired) electrons. The van der Waals surface area contributed by atoms with Gasteiger partial charge in [0, 0.05) is 39.8 Å². The third-order valence-electron chi connectivity index (χ3n) is 10.2. The number of benzene rings is 5.